The highest BCUT2D eigenvalue weighted by atomic mass is 16.5. The van der Waals surface area contributed by atoms with Gasteiger partial charge in [0.2, 0.25) is 0 Å². The molecule has 22 heavy (non-hydrogen) atoms. The van der Waals surface area contributed by atoms with Crippen molar-refractivity contribution in [3.8, 4) is 0 Å². The highest BCUT2D eigenvalue weighted by Crippen LogP contribution is 2.43. The molecule has 4 heteroatoms. The number of benzene rings is 1. The maximum absolute atomic E-state index is 13.1. The normalized spacial score (nSPS) is 24.8. The second-order valence-corrected chi connectivity index (χ2v) is 6.68. The SMILES string of the molecule is C[C@@H](CO)C[C@H]1COC2(CCCC2)N1C(=O)c1ccccc1. The van der Waals surface area contributed by atoms with E-state index in [2.05, 4.69) is 0 Å². The lowest BCUT2D eigenvalue weighted by Crippen LogP contribution is -2.50. The van der Waals surface area contributed by atoms with Crippen LogP contribution in [0.5, 0.6) is 0 Å². The van der Waals surface area contributed by atoms with Crippen LogP contribution in [0.15, 0.2) is 30.3 Å². The summed E-state index contributed by atoms with van der Waals surface area (Å²) < 4.78 is 6.14. The Hall–Kier alpha value is -1.39. The van der Waals surface area contributed by atoms with Crippen molar-refractivity contribution in [2.75, 3.05) is 13.2 Å². The van der Waals surface area contributed by atoms with Gasteiger partial charge in [-0.2, -0.15) is 0 Å². The van der Waals surface area contributed by atoms with Crippen LogP contribution < -0.4 is 0 Å². The molecule has 1 N–H and O–H groups in total. The molecule has 0 unspecified atom stereocenters. The minimum atomic E-state index is -0.410. The molecule has 1 amide bonds. The van der Waals surface area contributed by atoms with E-state index in [-0.39, 0.29) is 24.5 Å². The molecular weight excluding hydrogens is 278 g/mol. The van der Waals surface area contributed by atoms with Gasteiger partial charge in [-0.05, 0) is 50.2 Å². The highest BCUT2D eigenvalue weighted by molar-refractivity contribution is 5.95. The first kappa shape index (κ1) is 15.5. The van der Waals surface area contributed by atoms with Crippen molar-refractivity contribution < 1.29 is 14.6 Å². The Morgan fingerprint density at radius 2 is 2.05 bits per heavy atom. The molecule has 2 atom stereocenters. The van der Waals surface area contributed by atoms with E-state index in [9.17, 15) is 9.90 Å². The average molecular weight is 303 g/mol. The first-order valence-corrected chi connectivity index (χ1v) is 8.30. The van der Waals surface area contributed by atoms with Crippen molar-refractivity contribution in [1.29, 1.82) is 0 Å². The Kier molecular flexibility index (Phi) is 4.50. The third-order valence-electron chi connectivity index (χ3n) is 4.96. The van der Waals surface area contributed by atoms with Gasteiger partial charge in [-0.3, -0.25) is 4.79 Å². The molecule has 1 aliphatic heterocycles. The zero-order valence-corrected chi connectivity index (χ0v) is 13.2. The van der Waals surface area contributed by atoms with Crippen LogP contribution in [0.4, 0.5) is 0 Å². The minimum Gasteiger partial charge on any atom is -0.396 e. The van der Waals surface area contributed by atoms with E-state index in [0.717, 1.165) is 37.7 Å². The van der Waals surface area contributed by atoms with Gasteiger partial charge in [0.15, 0.2) is 0 Å². The molecule has 1 aromatic carbocycles. The summed E-state index contributed by atoms with van der Waals surface area (Å²) in [6, 6.07) is 9.53. The van der Waals surface area contributed by atoms with E-state index < -0.39 is 5.72 Å². The van der Waals surface area contributed by atoms with Crippen LogP contribution in [0.25, 0.3) is 0 Å². The van der Waals surface area contributed by atoms with Gasteiger partial charge in [0.25, 0.3) is 5.91 Å². The first-order valence-electron chi connectivity index (χ1n) is 8.30. The molecule has 1 aliphatic carbocycles. The van der Waals surface area contributed by atoms with Gasteiger partial charge in [-0.25, -0.2) is 0 Å². The van der Waals surface area contributed by atoms with E-state index in [4.69, 9.17) is 4.74 Å². The van der Waals surface area contributed by atoms with Crippen LogP contribution in [-0.4, -0.2) is 40.9 Å². The van der Waals surface area contributed by atoms with E-state index in [1.807, 2.05) is 42.2 Å². The predicted octanol–water partition coefficient (Wildman–Crippen LogP) is 2.82. The molecule has 0 radical (unpaired) electrons. The zero-order chi connectivity index (χ0) is 15.6. The maximum atomic E-state index is 13.1. The van der Waals surface area contributed by atoms with Gasteiger partial charge < -0.3 is 14.7 Å². The number of aliphatic hydroxyl groups excluding tert-OH is 1. The van der Waals surface area contributed by atoms with Gasteiger partial charge in [0, 0.05) is 12.2 Å². The average Bonchev–Trinajstić information content (AvgIpc) is 3.16. The van der Waals surface area contributed by atoms with Crippen LogP contribution in [0.2, 0.25) is 0 Å². The summed E-state index contributed by atoms with van der Waals surface area (Å²) in [5.41, 5.74) is 0.313. The summed E-state index contributed by atoms with van der Waals surface area (Å²) in [4.78, 5) is 15.1. The van der Waals surface area contributed by atoms with Crippen molar-refractivity contribution >= 4 is 5.91 Å². The molecule has 2 fully saturated rings. The largest absolute Gasteiger partial charge is 0.396 e. The summed E-state index contributed by atoms with van der Waals surface area (Å²) in [6.07, 6.45) is 4.86. The van der Waals surface area contributed by atoms with E-state index in [1.54, 1.807) is 0 Å². The quantitative estimate of drug-likeness (QED) is 0.930. The summed E-state index contributed by atoms with van der Waals surface area (Å²) in [6.45, 7) is 2.75. The number of hydrogen-bond acceptors (Lipinski definition) is 3. The fraction of sp³-hybridized carbons (Fsp3) is 0.611. The lowest BCUT2D eigenvalue weighted by molar-refractivity contribution is -0.0646. The maximum Gasteiger partial charge on any atom is 0.256 e. The van der Waals surface area contributed by atoms with Crippen molar-refractivity contribution in [3.05, 3.63) is 35.9 Å². The number of carbonyl (C=O) groups is 1. The molecule has 1 heterocycles. The van der Waals surface area contributed by atoms with Crippen molar-refractivity contribution in [1.82, 2.24) is 4.90 Å². The van der Waals surface area contributed by atoms with E-state index in [0.29, 0.717) is 6.61 Å². The van der Waals surface area contributed by atoms with E-state index >= 15 is 0 Å². The molecular formula is C18H25NO3. The van der Waals surface area contributed by atoms with Gasteiger partial charge in [-0.15, -0.1) is 0 Å². The van der Waals surface area contributed by atoms with Gasteiger partial charge in [-0.1, -0.05) is 25.1 Å². The Labute approximate surface area is 132 Å². The Morgan fingerprint density at radius 1 is 1.36 bits per heavy atom. The van der Waals surface area contributed by atoms with Crippen molar-refractivity contribution in [2.45, 2.75) is 50.8 Å². The molecule has 3 rings (SSSR count). The van der Waals surface area contributed by atoms with Gasteiger partial charge in [0.1, 0.15) is 5.72 Å². The van der Waals surface area contributed by atoms with Crippen LogP contribution in [0.1, 0.15) is 49.4 Å². The molecule has 2 aliphatic rings. The number of amides is 1. The van der Waals surface area contributed by atoms with Gasteiger partial charge >= 0.3 is 0 Å². The second kappa shape index (κ2) is 6.39. The minimum absolute atomic E-state index is 0.0629. The predicted molar refractivity (Wildman–Crippen MR) is 84.4 cm³/mol. The number of hydrogen-bond donors (Lipinski definition) is 1. The smallest absolute Gasteiger partial charge is 0.256 e. The lowest BCUT2D eigenvalue weighted by Gasteiger charge is -2.37. The van der Waals surface area contributed by atoms with Crippen molar-refractivity contribution in [2.24, 2.45) is 5.92 Å². The van der Waals surface area contributed by atoms with Crippen molar-refractivity contribution in [3.63, 3.8) is 0 Å². The fourth-order valence-corrected chi connectivity index (χ4v) is 3.82. The van der Waals surface area contributed by atoms with Crippen LogP contribution in [0, 0.1) is 5.92 Å². The topological polar surface area (TPSA) is 49.8 Å². The molecule has 4 nitrogen and oxygen atoms in total. The van der Waals surface area contributed by atoms with Gasteiger partial charge in [0.05, 0.1) is 12.6 Å². The third kappa shape index (κ3) is 2.77. The second-order valence-electron chi connectivity index (χ2n) is 6.68. The van der Waals surface area contributed by atoms with E-state index in [1.165, 1.54) is 0 Å². The number of rotatable bonds is 4. The molecule has 0 bridgehead atoms. The molecule has 120 valence electrons. The third-order valence-corrected chi connectivity index (χ3v) is 4.96. The first-order chi connectivity index (χ1) is 10.7. The number of aliphatic hydroxyl groups is 1. The van der Waals surface area contributed by atoms with Crippen LogP contribution in [0.3, 0.4) is 0 Å². The molecule has 0 aromatic heterocycles. The molecule has 1 aromatic rings. The zero-order valence-electron chi connectivity index (χ0n) is 13.2. The summed E-state index contributed by atoms with van der Waals surface area (Å²) in [5.74, 6) is 0.242. The summed E-state index contributed by atoms with van der Waals surface area (Å²) >= 11 is 0. The number of ether oxygens (including phenoxy) is 1. The fourth-order valence-electron chi connectivity index (χ4n) is 3.82. The number of carbonyl (C=O) groups excluding carboxylic acids is 1. The monoisotopic (exact) mass is 303 g/mol. The standard InChI is InChI=1S/C18H25NO3/c1-14(12-20)11-16-13-22-18(9-5-6-10-18)19(16)17(21)15-7-3-2-4-8-15/h2-4,7-8,14,16,20H,5-6,9-13H2,1H3/t14-,16+/m1/s1. The molecule has 1 saturated heterocycles. The highest BCUT2D eigenvalue weighted by Gasteiger charge is 2.51. The lowest BCUT2D eigenvalue weighted by atomic mass is 9.99. The number of nitrogens with zero attached hydrogens (tertiary/aromatic N) is 1. The molecule has 1 spiro atoms. The Bertz CT molecular complexity index is 510. The van der Waals surface area contributed by atoms with Crippen LogP contribution >= 0.6 is 0 Å². The summed E-state index contributed by atoms with van der Waals surface area (Å²) in [5, 5.41) is 9.35. The molecule has 1 saturated carbocycles. The Balaban J connectivity index is 1.88. The Morgan fingerprint density at radius 3 is 2.68 bits per heavy atom. The summed E-state index contributed by atoms with van der Waals surface area (Å²) in [7, 11) is 0. The van der Waals surface area contributed by atoms with Crippen LogP contribution in [-0.2, 0) is 4.74 Å².